The summed E-state index contributed by atoms with van der Waals surface area (Å²) in [6.45, 7) is 2.81. The van der Waals surface area contributed by atoms with Crippen LogP contribution < -0.4 is 20.3 Å². The second-order valence-electron chi connectivity index (χ2n) is 11.5. The number of aryl methyl sites for hydroxylation is 1. The SMILES string of the molecule is Cc1ccccc1Oc1ccccc1N1C(=O)Nc2c(C(=O)NC3CCCN(C(=O)/C(C#N)=C/C4CC4)C3)sc3nccc1c23. The third-order valence-electron chi connectivity index (χ3n) is 8.29. The molecule has 10 nitrogen and oxygen atoms in total. The summed E-state index contributed by atoms with van der Waals surface area (Å²) in [6.07, 6.45) is 6.82. The van der Waals surface area contributed by atoms with Crippen LogP contribution in [0.25, 0.3) is 10.2 Å². The Morgan fingerprint density at radius 2 is 1.87 bits per heavy atom. The van der Waals surface area contributed by atoms with Crippen molar-refractivity contribution in [2.45, 2.75) is 38.6 Å². The number of allylic oxidation sites excluding steroid dienone is 1. The van der Waals surface area contributed by atoms with Crippen LogP contribution in [-0.4, -0.2) is 46.9 Å². The Bertz CT molecular complexity index is 1920. The lowest BCUT2D eigenvalue weighted by Gasteiger charge is -2.33. The fraction of sp³-hybridized carbons (Fsp3) is 0.265. The van der Waals surface area contributed by atoms with Crippen molar-refractivity contribution in [2.75, 3.05) is 23.3 Å². The molecule has 2 N–H and O–H groups in total. The topological polar surface area (TPSA) is 128 Å². The number of anilines is 3. The van der Waals surface area contributed by atoms with Crippen LogP contribution in [0.5, 0.6) is 11.5 Å². The number of carbonyl (C=O) groups is 3. The van der Waals surface area contributed by atoms with Crippen LogP contribution in [0.15, 0.2) is 72.4 Å². The number of nitrogens with zero attached hydrogens (tertiary/aromatic N) is 4. The van der Waals surface area contributed by atoms with E-state index in [0.717, 1.165) is 18.4 Å². The number of thiophene rings is 1. The molecule has 3 aliphatic rings. The number of rotatable bonds is 7. The highest BCUT2D eigenvalue weighted by molar-refractivity contribution is 7.21. The molecule has 4 aromatic rings. The first-order valence-electron chi connectivity index (χ1n) is 15.0. The van der Waals surface area contributed by atoms with Crippen LogP contribution in [0.2, 0.25) is 0 Å². The number of pyridine rings is 1. The molecule has 1 atom stereocenters. The predicted octanol–water partition coefficient (Wildman–Crippen LogP) is 6.66. The largest absolute Gasteiger partial charge is 0.455 e. The first kappa shape index (κ1) is 28.6. The van der Waals surface area contributed by atoms with E-state index in [1.54, 1.807) is 28.1 Å². The Labute approximate surface area is 263 Å². The fourth-order valence-corrected chi connectivity index (χ4v) is 6.88. The number of nitriles is 1. The molecule has 0 spiro atoms. The molecule has 1 saturated heterocycles. The van der Waals surface area contributed by atoms with Crippen molar-refractivity contribution in [2.24, 2.45) is 5.92 Å². The predicted molar refractivity (Wildman–Crippen MR) is 172 cm³/mol. The van der Waals surface area contributed by atoms with Gasteiger partial charge in [0.2, 0.25) is 0 Å². The summed E-state index contributed by atoms with van der Waals surface area (Å²) in [6, 6.07) is 18.1. The summed E-state index contributed by atoms with van der Waals surface area (Å²) in [4.78, 5) is 49.2. The van der Waals surface area contributed by atoms with Gasteiger partial charge in [0.05, 0.1) is 22.4 Å². The zero-order valence-electron chi connectivity index (χ0n) is 24.6. The Hall–Kier alpha value is -5.21. The molecule has 4 amide bonds. The number of amides is 4. The number of hydrogen-bond acceptors (Lipinski definition) is 7. The summed E-state index contributed by atoms with van der Waals surface area (Å²) in [5.74, 6) is 0.875. The molecule has 1 saturated carbocycles. The molecule has 2 aliphatic heterocycles. The highest BCUT2D eigenvalue weighted by Crippen LogP contribution is 2.48. The second-order valence-corrected chi connectivity index (χ2v) is 12.5. The first-order chi connectivity index (χ1) is 21.9. The lowest BCUT2D eigenvalue weighted by Crippen LogP contribution is -2.50. The average Bonchev–Trinajstić information content (AvgIpc) is 3.80. The van der Waals surface area contributed by atoms with Crippen LogP contribution >= 0.6 is 11.3 Å². The maximum atomic E-state index is 13.8. The number of urea groups is 1. The van der Waals surface area contributed by atoms with Gasteiger partial charge in [0.25, 0.3) is 11.8 Å². The van der Waals surface area contributed by atoms with E-state index in [4.69, 9.17) is 4.74 Å². The van der Waals surface area contributed by atoms with E-state index in [0.29, 0.717) is 75.5 Å². The van der Waals surface area contributed by atoms with Crippen molar-refractivity contribution < 1.29 is 19.1 Å². The van der Waals surface area contributed by atoms with Crippen molar-refractivity contribution in [1.82, 2.24) is 15.2 Å². The van der Waals surface area contributed by atoms with Gasteiger partial charge in [-0.3, -0.25) is 14.5 Å². The monoisotopic (exact) mass is 618 g/mol. The molecule has 1 unspecified atom stereocenters. The molecule has 2 aromatic carbocycles. The van der Waals surface area contributed by atoms with E-state index in [9.17, 15) is 19.6 Å². The van der Waals surface area contributed by atoms with Crippen LogP contribution in [0.4, 0.5) is 21.9 Å². The Morgan fingerprint density at radius 3 is 2.64 bits per heavy atom. The minimum absolute atomic E-state index is 0.176. The molecule has 0 bridgehead atoms. The Balaban J connectivity index is 1.16. The van der Waals surface area contributed by atoms with E-state index in [1.165, 1.54) is 11.3 Å². The summed E-state index contributed by atoms with van der Waals surface area (Å²) in [7, 11) is 0. The highest BCUT2D eigenvalue weighted by Gasteiger charge is 2.35. The fourth-order valence-electron chi connectivity index (χ4n) is 5.86. The van der Waals surface area contributed by atoms with Crippen molar-refractivity contribution in [3.05, 3.63) is 82.9 Å². The molecule has 0 radical (unpaired) electrons. The molecule has 45 heavy (non-hydrogen) atoms. The van der Waals surface area contributed by atoms with Gasteiger partial charge in [-0.05, 0) is 68.4 Å². The van der Waals surface area contributed by atoms with Gasteiger partial charge in [-0.1, -0.05) is 36.4 Å². The number of aromatic nitrogens is 1. The molecule has 11 heteroatoms. The maximum Gasteiger partial charge on any atom is 0.331 e. The van der Waals surface area contributed by atoms with Crippen molar-refractivity contribution in [3.8, 4) is 17.6 Å². The van der Waals surface area contributed by atoms with Gasteiger partial charge < -0.3 is 20.3 Å². The van der Waals surface area contributed by atoms with Crippen molar-refractivity contribution >= 4 is 56.5 Å². The molecule has 2 aromatic heterocycles. The van der Waals surface area contributed by atoms with E-state index in [-0.39, 0.29) is 23.4 Å². The van der Waals surface area contributed by atoms with Gasteiger partial charge in [-0.25, -0.2) is 9.78 Å². The van der Waals surface area contributed by atoms with Crippen molar-refractivity contribution in [1.29, 1.82) is 5.26 Å². The molecule has 4 heterocycles. The van der Waals surface area contributed by atoms with Crippen LogP contribution in [0.3, 0.4) is 0 Å². The number of piperidine rings is 1. The smallest absolute Gasteiger partial charge is 0.331 e. The van der Waals surface area contributed by atoms with Gasteiger partial charge in [-0.2, -0.15) is 5.26 Å². The number of para-hydroxylation sites is 3. The normalized spacial score (nSPS) is 17.9. The van der Waals surface area contributed by atoms with Gasteiger partial charge in [-0.15, -0.1) is 11.3 Å². The maximum absolute atomic E-state index is 13.8. The van der Waals surface area contributed by atoms with Gasteiger partial charge in [0.1, 0.15) is 27.1 Å². The third-order valence-corrected chi connectivity index (χ3v) is 9.39. The van der Waals surface area contributed by atoms with Gasteiger partial charge in [0.15, 0.2) is 5.75 Å². The standard InChI is InChI=1S/C34H30N6O4S/c1-20-7-2-4-10-26(20)44-27-11-5-3-9-24(27)40-25-14-15-36-32-28(25)29(38-34(40)43)30(45-32)31(41)37-23-8-6-16-39(19-23)33(42)22(18-35)17-21-12-13-21/h2-5,7,9-11,14-15,17,21,23H,6,8,12-13,16,19H2,1H3,(H,37,41)(H,38,43)/b22-17+. The number of nitrogens with one attached hydrogen (secondary N) is 2. The van der Waals surface area contributed by atoms with Gasteiger partial charge in [0, 0.05) is 25.3 Å². The zero-order chi connectivity index (χ0) is 31.1. The average molecular weight is 619 g/mol. The van der Waals surface area contributed by atoms with Gasteiger partial charge >= 0.3 is 6.03 Å². The van der Waals surface area contributed by atoms with Crippen LogP contribution in [-0.2, 0) is 4.79 Å². The number of likely N-dealkylation sites (tertiary alicyclic amines) is 1. The number of carbonyl (C=O) groups excluding carboxylic acids is 3. The van der Waals surface area contributed by atoms with Crippen LogP contribution in [0, 0.1) is 24.2 Å². The summed E-state index contributed by atoms with van der Waals surface area (Å²) < 4.78 is 6.27. The highest BCUT2D eigenvalue weighted by atomic mass is 32.1. The van der Waals surface area contributed by atoms with E-state index < -0.39 is 6.03 Å². The first-order valence-corrected chi connectivity index (χ1v) is 15.8. The number of ether oxygens (including phenoxy) is 1. The van der Waals surface area contributed by atoms with E-state index in [1.807, 2.05) is 55.5 Å². The third kappa shape index (κ3) is 5.49. The molecule has 226 valence electrons. The lowest BCUT2D eigenvalue weighted by atomic mass is 10.0. The molecular formula is C34H30N6O4S. The molecule has 7 rings (SSSR count). The van der Waals surface area contributed by atoms with E-state index >= 15 is 0 Å². The number of hydrogen-bond donors (Lipinski definition) is 2. The Morgan fingerprint density at radius 1 is 1.09 bits per heavy atom. The van der Waals surface area contributed by atoms with Crippen molar-refractivity contribution in [3.63, 3.8) is 0 Å². The minimum Gasteiger partial charge on any atom is -0.455 e. The van der Waals surface area contributed by atoms with E-state index in [2.05, 4.69) is 21.7 Å². The summed E-state index contributed by atoms with van der Waals surface area (Å²) in [5.41, 5.74) is 2.69. The molecule has 2 fully saturated rings. The Kier molecular flexibility index (Phi) is 7.43. The quantitative estimate of drug-likeness (QED) is 0.176. The number of benzene rings is 2. The minimum atomic E-state index is -0.427. The molecule has 1 aliphatic carbocycles. The lowest BCUT2D eigenvalue weighted by molar-refractivity contribution is -0.128. The zero-order valence-corrected chi connectivity index (χ0v) is 25.4. The van der Waals surface area contributed by atoms with Crippen LogP contribution in [0.1, 0.15) is 40.9 Å². The molecular weight excluding hydrogens is 588 g/mol. The summed E-state index contributed by atoms with van der Waals surface area (Å²) >= 11 is 1.21. The second kappa shape index (κ2) is 11.7. The summed E-state index contributed by atoms with van der Waals surface area (Å²) in [5, 5.41) is 16.2.